The highest BCUT2D eigenvalue weighted by Crippen LogP contribution is 2.28. The number of halogens is 4. The molecule has 1 aromatic carbocycles. The van der Waals surface area contributed by atoms with Gasteiger partial charge in [0.2, 0.25) is 11.0 Å². The van der Waals surface area contributed by atoms with E-state index in [-0.39, 0.29) is 10.9 Å². The Morgan fingerprint density at radius 1 is 1.30 bits per heavy atom. The molecular formula is C12H11F4N3S. The zero-order valence-electron chi connectivity index (χ0n) is 10.5. The third-order valence-corrected chi connectivity index (χ3v) is 3.33. The van der Waals surface area contributed by atoms with E-state index in [1.165, 1.54) is 12.1 Å². The molecule has 0 amide bonds. The second-order valence-electron chi connectivity index (χ2n) is 4.17. The molecule has 108 valence electrons. The maximum absolute atomic E-state index is 12.9. The Balaban J connectivity index is 1.91. The van der Waals surface area contributed by atoms with E-state index in [0.717, 1.165) is 11.1 Å². The van der Waals surface area contributed by atoms with Gasteiger partial charge in [0.15, 0.2) is 0 Å². The summed E-state index contributed by atoms with van der Waals surface area (Å²) in [6.07, 6.45) is -3.96. The van der Waals surface area contributed by atoms with E-state index in [4.69, 9.17) is 0 Å². The number of hydrogen-bond acceptors (Lipinski definition) is 4. The molecule has 2 aromatic rings. The van der Waals surface area contributed by atoms with Gasteiger partial charge in [0.05, 0.1) is 0 Å². The molecule has 0 unspecified atom stereocenters. The van der Waals surface area contributed by atoms with Gasteiger partial charge in [-0.15, -0.1) is 0 Å². The second-order valence-corrected chi connectivity index (χ2v) is 4.92. The molecule has 0 atom stereocenters. The third kappa shape index (κ3) is 3.66. The van der Waals surface area contributed by atoms with Crippen molar-refractivity contribution in [2.75, 3.05) is 11.9 Å². The Labute approximate surface area is 116 Å². The molecule has 20 heavy (non-hydrogen) atoms. The summed E-state index contributed by atoms with van der Waals surface area (Å²) in [6, 6.07) is 4.44. The molecule has 0 radical (unpaired) electrons. The lowest BCUT2D eigenvalue weighted by molar-refractivity contribution is -0.144. The van der Waals surface area contributed by atoms with Crippen molar-refractivity contribution in [2.45, 2.75) is 19.5 Å². The van der Waals surface area contributed by atoms with E-state index in [0.29, 0.717) is 24.5 Å². The van der Waals surface area contributed by atoms with Gasteiger partial charge in [-0.3, -0.25) is 0 Å². The number of anilines is 1. The first-order valence-electron chi connectivity index (χ1n) is 5.76. The molecule has 0 aliphatic heterocycles. The van der Waals surface area contributed by atoms with Crippen molar-refractivity contribution in [2.24, 2.45) is 0 Å². The number of aromatic nitrogens is 2. The van der Waals surface area contributed by atoms with Crippen LogP contribution in [0.25, 0.3) is 0 Å². The highest BCUT2D eigenvalue weighted by atomic mass is 32.1. The van der Waals surface area contributed by atoms with Crippen LogP contribution >= 0.6 is 11.5 Å². The minimum Gasteiger partial charge on any atom is -0.360 e. The molecule has 0 spiro atoms. The van der Waals surface area contributed by atoms with Crippen LogP contribution in [-0.2, 0) is 12.6 Å². The van der Waals surface area contributed by atoms with Crippen molar-refractivity contribution in [1.29, 1.82) is 0 Å². The Morgan fingerprint density at radius 2 is 2.05 bits per heavy atom. The molecule has 0 saturated heterocycles. The summed E-state index contributed by atoms with van der Waals surface area (Å²) in [5, 5.41) is 2.90. The fourth-order valence-electron chi connectivity index (χ4n) is 1.65. The first kappa shape index (κ1) is 14.7. The van der Waals surface area contributed by atoms with Crippen molar-refractivity contribution < 1.29 is 17.6 Å². The predicted molar refractivity (Wildman–Crippen MR) is 68.2 cm³/mol. The minimum absolute atomic E-state index is 0.122. The van der Waals surface area contributed by atoms with Crippen LogP contribution in [0.2, 0.25) is 0 Å². The molecule has 0 aliphatic rings. The third-order valence-electron chi connectivity index (χ3n) is 2.65. The van der Waals surface area contributed by atoms with E-state index in [9.17, 15) is 17.6 Å². The Hall–Kier alpha value is -1.70. The van der Waals surface area contributed by atoms with Crippen molar-refractivity contribution in [3.63, 3.8) is 0 Å². The highest BCUT2D eigenvalue weighted by molar-refractivity contribution is 7.09. The normalized spacial score (nSPS) is 11.7. The van der Waals surface area contributed by atoms with Crippen LogP contribution in [0.5, 0.6) is 0 Å². The molecule has 0 saturated carbocycles. The van der Waals surface area contributed by atoms with Gasteiger partial charge in [0.25, 0.3) is 0 Å². The van der Waals surface area contributed by atoms with Crippen LogP contribution in [0, 0.1) is 12.7 Å². The number of aryl methyl sites for hydroxylation is 1. The smallest absolute Gasteiger partial charge is 0.360 e. The summed E-state index contributed by atoms with van der Waals surface area (Å²) in [7, 11) is 0. The summed E-state index contributed by atoms with van der Waals surface area (Å²) < 4.78 is 53.0. The van der Waals surface area contributed by atoms with Gasteiger partial charge >= 0.3 is 6.18 Å². The van der Waals surface area contributed by atoms with Crippen LogP contribution < -0.4 is 5.32 Å². The lowest BCUT2D eigenvalue weighted by Crippen LogP contribution is -2.09. The molecule has 0 aliphatic carbocycles. The van der Waals surface area contributed by atoms with Crippen LogP contribution in [0.1, 0.15) is 17.0 Å². The molecule has 0 fully saturated rings. The van der Waals surface area contributed by atoms with Gasteiger partial charge in [0.1, 0.15) is 5.82 Å². The summed E-state index contributed by atoms with van der Waals surface area (Å²) in [5.41, 5.74) is 1.74. The van der Waals surface area contributed by atoms with Gasteiger partial charge in [-0.1, -0.05) is 6.07 Å². The number of nitrogens with zero attached hydrogens (tertiary/aromatic N) is 2. The second kappa shape index (κ2) is 5.74. The Kier molecular flexibility index (Phi) is 4.22. The summed E-state index contributed by atoms with van der Waals surface area (Å²) in [5.74, 6) is -1.44. The van der Waals surface area contributed by atoms with Crippen molar-refractivity contribution >= 4 is 16.7 Å². The standard InChI is InChI=1S/C12H11F4N3S/c1-7-6-9(13)3-2-8(7)4-5-17-11-18-10(19-20-11)12(14,15)16/h2-3,6H,4-5H2,1H3,(H,17,18,19). The highest BCUT2D eigenvalue weighted by Gasteiger charge is 2.36. The first-order chi connectivity index (χ1) is 9.36. The molecule has 1 N–H and O–H groups in total. The average Bonchev–Trinajstić information content (AvgIpc) is 2.80. The van der Waals surface area contributed by atoms with Gasteiger partial charge in [-0.2, -0.15) is 22.5 Å². The number of nitrogens with one attached hydrogen (secondary N) is 1. The van der Waals surface area contributed by atoms with Crippen LogP contribution in [-0.4, -0.2) is 15.9 Å². The van der Waals surface area contributed by atoms with Gasteiger partial charge in [0, 0.05) is 18.1 Å². The zero-order valence-corrected chi connectivity index (χ0v) is 11.3. The Bertz CT molecular complexity index is 595. The van der Waals surface area contributed by atoms with Gasteiger partial charge in [-0.05, 0) is 36.6 Å². The number of alkyl halides is 3. The average molecular weight is 305 g/mol. The topological polar surface area (TPSA) is 37.8 Å². The largest absolute Gasteiger partial charge is 0.452 e. The van der Waals surface area contributed by atoms with Gasteiger partial charge in [-0.25, -0.2) is 4.39 Å². The van der Waals surface area contributed by atoms with Crippen molar-refractivity contribution in [3.8, 4) is 0 Å². The lowest BCUT2D eigenvalue weighted by Gasteiger charge is -2.06. The maximum Gasteiger partial charge on any atom is 0.452 e. The SMILES string of the molecule is Cc1cc(F)ccc1CCNc1nc(C(F)(F)F)ns1. The summed E-state index contributed by atoms with van der Waals surface area (Å²) >= 11 is 0.666. The molecule has 3 nitrogen and oxygen atoms in total. The van der Waals surface area contributed by atoms with Crippen molar-refractivity contribution in [1.82, 2.24) is 9.36 Å². The molecule has 1 heterocycles. The summed E-state index contributed by atoms with van der Waals surface area (Å²) in [6.45, 7) is 2.18. The van der Waals surface area contributed by atoms with E-state index in [2.05, 4.69) is 14.7 Å². The van der Waals surface area contributed by atoms with Crippen LogP contribution in [0.3, 0.4) is 0 Å². The molecule has 1 aromatic heterocycles. The monoisotopic (exact) mass is 305 g/mol. The molecular weight excluding hydrogens is 294 g/mol. The Morgan fingerprint density at radius 3 is 2.65 bits per heavy atom. The molecule has 2 rings (SSSR count). The molecule has 8 heteroatoms. The van der Waals surface area contributed by atoms with Crippen LogP contribution in [0.15, 0.2) is 18.2 Å². The predicted octanol–water partition coefficient (Wildman–Crippen LogP) is 3.66. The summed E-state index contributed by atoms with van der Waals surface area (Å²) in [4.78, 5) is 3.36. The van der Waals surface area contributed by atoms with Crippen molar-refractivity contribution in [3.05, 3.63) is 41.0 Å². The van der Waals surface area contributed by atoms with E-state index in [1.54, 1.807) is 13.0 Å². The first-order valence-corrected chi connectivity index (χ1v) is 6.53. The number of benzene rings is 1. The fraction of sp³-hybridized carbons (Fsp3) is 0.333. The van der Waals surface area contributed by atoms with E-state index < -0.39 is 12.0 Å². The van der Waals surface area contributed by atoms with E-state index >= 15 is 0 Å². The minimum atomic E-state index is -4.52. The number of rotatable bonds is 4. The maximum atomic E-state index is 12.9. The zero-order chi connectivity index (χ0) is 14.8. The number of hydrogen-bond donors (Lipinski definition) is 1. The fourth-order valence-corrected chi connectivity index (χ4v) is 2.27. The quantitative estimate of drug-likeness (QED) is 0.876. The van der Waals surface area contributed by atoms with Gasteiger partial charge < -0.3 is 5.32 Å². The van der Waals surface area contributed by atoms with E-state index in [1.807, 2.05) is 0 Å². The van der Waals surface area contributed by atoms with Crippen LogP contribution in [0.4, 0.5) is 22.7 Å². The lowest BCUT2D eigenvalue weighted by atomic mass is 10.1. The molecule has 0 bridgehead atoms.